The summed E-state index contributed by atoms with van der Waals surface area (Å²) < 4.78 is 13.7. The Balaban J connectivity index is 2.55. The van der Waals surface area contributed by atoms with E-state index in [1.54, 1.807) is 18.3 Å². The van der Waals surface area contributed by atoms with Crippen LogP contribution in [0.3, 0.4) is 0 Å². The molecule has 2 rings (SSSR count). The van der Waals surface area contributed by atoms with Crippen LogP contribution in [-0.4, -0.2) is 12.0 Å². The van der Waals surface area contributed by atoms with Gasteiger partial charge in [-0.25, -0.2) is 4.39 Å². The molecule has 0 aliphatic rings. The van der Waals surface area contributed by atoms with E-state index in [1.807, 2.05) is 19.2 Å². The highest BCUT2D eigenvalue weighted by molar-refractivity contribution is 6.30. The molecule has 0 radical (unpaired) electrons. The molecule has 4 heteroatoms. The van der Waals surface area contributed by atoms with Crippen molar-refractivity contribution in [3.05, 3.63) is 53.1 Å². The summed E-state index contributed by atoms with van der Waals surface area (Å²) in [6.45, 7) is 0.637. The van der Waals surface area contributed by atoms with Crippen LogP contribution in [0.1, 0.15) is 5.56 Å². The number of halogens is 2. The van der Waals surface area contributed by atoms with Crippen molar-refractivity contribution in [2.75, 3.05) is 7.05 Å². The van der Waals surface area contributed by atoms with Gasteiger partial charge in [-0.15, -0.1) is 0 Å². The number of aromatic nitrogens is 1. The van der Waals surface area contributed by atoms with E-state index in [9.17, 15) is 4.39 Å². The van der Waals surface area contributed by atoms with E-state index in [-0.39, 0.29) is 5.82 Å². The Morgan fingerprint density at radius 2 is 2.12 bits per heavy atom. The number of hydrogen-bond acceptors (Lipinski definition) is 2. The Labute approximate surface area is 104 Å². The zero-order valence-corrected chi connectivity index (χ0v) is 10.1. The van der Waals surface area contributed by atoms with E-state index < -0.39 is 0 Å². The Kier molecular flexibility index (Phi) is 3.71. The second-order valence-electron chi connectivity index (χ2n) is 3.69. The molecule has 0 spiro atoms. The summed E-state index contributed by atoms with van der Waals surface area (Å²) in [5.41, 5.74) is 2.34. The molecule has 1 aromatic heterocycles. The van der Waals surface area contributed by atoms with Crippen molar-refractivity contribution in [1.82, 2.24) is 10.3 Å². The lowest BCUT2D eigenvalue weighted by Gasteiger charge is -2.10. The average molecular weight is 251 g/mol. The number of pyridine rings is 1. The molecule has 1 aromatic carbocycles. The lowest BCUT2D eigenvalue weighted by molar-refractivity contribution is 0.624. The molecule has 0 bridgehead atoms. The SMILES string of the molecule is CNCc1cc(Cl)ccc1-c1ccncc1F. The first-order chi connectivity index (χ1) is 8.22. The zero-order chi connectivity index (χ0) is 12.3. The van der Waals surface area contributed by atoms with Gasteiger partial charge in [0.1, 0.15) is 5.82 Å². The molecule has 2 aromatic rings. The molecular formula is C13H12ClFN2. The van der Waals surface area contributed by atoms with Gasteiger partial charge in [-0.05, 0) is 36.4 Å². The predicted molar refractivity (Wildman–Crippen MR) is 67.4 cm³/mol. The number of nitrogens with zero attached hydrogens (tertiary/aromatic N) is 1. The molecule has 88 valence electrons. The normalized spacial score (nSPS) is 10.5. The zero-order valence-electron chi connectivity index (χ0n) is 9.37. The summed E-state index contributed by atoms with van der Waals surface area (Å²) in [5, 5.41) is 3.69. The minimum absolute atomic E-state index is 0.327. The van der Waals surface area contributed by atoms with E-state index in [0.29, 0.717) is 17.1 Å². The average Bonchev–Trinajstić information content (AvgIpc) is 2.31. The molecule has 1 N–H and O–H groups in total. The van der Waals surface area contributed by atoms with Crippen LogP contribution in [0, 0.1) is 5.82 Å². The third-order valence-electron chi connectivity index (χ3n) is 2.50. The van der Waals surface area contributed by atoms with E-state index in [4.69, 9.17) is 11.6 Å². The monoisotopic (exact) mass is 250 g/mol. The molecule has 0 saturated carbocycles. The van der Waals surface area contributed by atoms with Gasteiger partial charge in [0.05, 0.1) is 6.20 Å². The van der Waals surface area contributed by atoms with Crippen LogP contribution in [0.15, 0.2) is 36.7 Å². The highest BCUT2D eigenvalue weighted by Crippen LogP contribution is 2.28. The van der Waals surface area contributed by atoms with Gasteiger partial charge in [0.15, 0.2) is 0 Å². The second kappa shape index (κ2) is 5.25. The maximum atomic E-state index is 13.7. The lowest BCUT2D eigenvalue weighted by atomic mass is 10.0. The minimum Gasteiger partial charge on any atom is -0.316 e. The van der Waals surface area contributed by atoms with Gasteiger partial charge in [-0.2, -0.15) is 0 Å². The molecule has 0 fully saturated rings. The predicted octanol–water partition coefficient (Wildman–Crippen LogP) is 3.26. The number of benzene rings is 1. The van der Waals surface area contributed by atoms with Gasteiger partial charge in [0, 0.05) is 23.3 Å². The van der Waals surface area contributed by atoms with E-state index in [2.05, 4.69) is 10.3 Å². The van der Waals surface area contributed by atoms with Gasteiger partial charge in [-0.3, -0.25) is 4.98 Å². The lowest BCUT2D eigenvalue weighted by Crippen LogP contribution is -2.06. The van der Waals surface area contributed by atoms with Crippen molar-refractivity contribution in [2.45, 2.75) is 6.54 Å². The summed E-state index contributed by atoms with van der Waals surface area (Å²) in [6, 6.07) is 7.09. The number of hydrogen-bond donors (Lipinski definition) is 1. The van der Waals surface area contributed by atoms with Crippen molar-refractivity contribution in [3.63, 3.8) is 0 Å². The fourth-order valence-corrected chi connectivity index (χ4v) is 1.95. The van der Waals surface area contributed by atoms with Crippen LogP contribution < -0.4 is 5.32 Å². The Morgan fingerprint density at radius 1 is 1.29 bits per heavy atom. The third-order valence-corrected chi connectivity index (χ3v) is 2.73. The van der Waals surface area contributed by atoms with Gasteiger partial charge in [0.25, 0.3) is 0 Å². The van der Waals surface area contributed by atoms with Crippen molar-refractivity contribution < 1.29 is 4.39 Å². The quantitative estimate of drug-likeness (QED) is 0.905. The van der Waals surface area contributed by atoms with Crippen LogP contribution in [0.25, 0.3) is 11.1 Å². The van der Waals surface area contributed by atoms with Crippen LogP contribution >= 0.6 is 11.6 Å². The Morgan fingerprint density at radius 3 is 2.82 bits per heavy atom. The summed E-state index contributed by atoms with van der Waals surface area (Å²) in [7, 11) is 1.84. The first kappa shape index (κ1) is 12.0. The highest BCUT2D eigenvalue weighted by atomic mass is 35.5. The molecule has 0 unspecified atom stereocenters. The molecule has 17 heavy (non-hydrogen) atoms. The molecule has 0 saturated heterocycles. The van der Waals surface area contributed by atoms with Crippen LogP contribution in [0.2, 0.25) is 5.02 Å². The fraction of sp³-hybridized carbons (Fsp3) is 0.154. The molecule has 0 aliphatic carbocycles. The molecule has 0 aliphatic heterocycles. The van der Waals surface area contributed by atoms with E-state index in [1.165, 1.54) is 6.20 Å². The highest BCUT2D eigenvalue weighted by Gasteiger charge is 2.09. The first-order valence-electron chi connectivity index (χ1n) is 5.25. The van der Waals surface area contributed by atoms with Gasteiger partial charge < -0.3 is 5.32 Å². The van der Waals surface area contributed by atoms with Crippen molar-refractivity contribution in [2.24, 2.45) is 0 Å². The molecule has 0 amide bonds. The van der Waals surface area contributed by atoms with Gasteiger partial charge in [0.2, 0.25) is 0 Å². The van der Waals surface area contributed by atoms with Gasteiger partial charge >= 0.3 is 0 Å². The topological polar surface area (TPSA) is 24.9 Å². The van der Waals surface area contributed by atoms with Crippen molar-refractivity contribution in [1.29, 1.82) is 0 Å². The summed E-state index contributed by atoms with van der Waals surface area (Å²) in [6.07, 6.45) is 2.79. The summed E-state index contributed by atoms with van der Waals surface area (Å²) in [5.74, 6) is -0.327. The molecule has 2 nitrogen and oxygen atoms in total. The third kappa shape index (κ3) is 2.62. The maximum Gasteiger partial charge on any atom is 0.149 e. The Hall–Kier alpha value is -1.45. The van der Waals surface area contributed by atoms with Crippen LogP contribution in [0.5, 0.6) is 0 Å². The standard InChI is InChI=1S/C13H12ClFN2/c1-16-7-9-6-10(14)2-3-11(9)12-4-5-17-8-13(12)15/h2-6,8,16H,7H2,1H3. The first-order valence-corrected chi connectivity index (χ1v) is 5.63. The van der Waals surface area contributed by atoms with Crippen LogP contribution in [-0.2, 0) is 6.54 Å². The second-order valence-corrected chi connectivity index (χ2v) is 4.12. The summed E-state index contributed by atoms with van der Waals surface area (Å²) >= 11 is 5.95. The fourth-order valence-electron chi connectivity index (χ4n) is 1.76. The van der Waals surface area contributed by atoms with E-state index in [0.717, 1.165) is 11.1 Å². The molecular weight excluding hydrogens is 239 g/mol. The Bertz CT molecular complexity index is 529. The maximum absolute atomic E-state index is 13.7. The van der Waals surface area contributed by atoms with Crippen molar-refractivity contribution >= 4 is 11.6 Å². The van der Waals surface area contributed by atoms with Crippen LogP contribution in [0.4, 0.5) is 4.39 Å². The molecule has 0 atom stereocenters. The smallest absolute Gasteiger partial charge is 0.149 e. The van der Waals surface area contributed by atoms with E-state index >= 15 is 0 Å². The minimum atomic E-state index is -0.327. The van der Waals surface area contributed by atoms with Gasteiger partial charge in [-0.1, -0.05) is 17.7 Å². The largest absolute Gasteiger partial charge is 0.316 e. The summed E-state index contributed by atoms with van der Waals surface area (Å²) in [4.78, 5) is 3.75. The number of rotatable bonds is 3. The van der Waals surface area contributed by atoms with Crippen molar-refractivity contribution in [3.8, 4) is 11.1 Å². The number of nitrogens with one attached hydrogen (secondary N) is 1. The molecule has 1 heterocycles.